The fourth-order valence-electron chi connectivity index (χ4n) is 2.10. The van der Waals surface area contributed by atoms with E-state index >= 15 is 0 Å². The molecular weight excluding hydrogens is 250 g/mol. The molecule has 0 aliphatic carbocycles. The molecule has 1 aromatic heterocycles. The van der Waals surface area contributed by atoms with Crippen LogP contribution < -0.4 is 5.73 Å². The summed E-state index contributed by atoms with van der Waals surface area (Å²) >= 11 is 0. The maximum atomic E-state index is 5.94. The highest BCUT2D eigenvalue weighted by Gasteiger charge is 2.29. The molecule has 4 heteroatoms. The first-order chi connectivity index (χ1) is 9.59. The van der Waals surface area contributed by atoms with Crippen LogP contribution in [0.25, 0.3) is 11.3 Å². The van der Waals surface area contributed by atoms with Crippen LogP contribution in [0.5, 0.6) is 0 Å². The maximum Gasteiger partial charge on any atom is 0.162 e. The van der Waals surface area contributed by atoms with Crippen LogP contribution in [0.2, 0.25) is 0 Å². The molecule has 106 valence electrons. The van der Waals surface area contributed by atoms with Crippen molar-refractivity contribution >= 4 is 5.82 Å². The van der Waals surface area contributed by atoms with Crippen molar-refractivity contribution in [2.45, 2.75) is 32.8 Å². The lowest BCUT2D eigenvalue weighted by molar-refractivity contribution is -0.0388. The minimum Gasteiger partial charge on any atom is -0.384 e. The van der Waals surface area contributed by atoms with Crippen molar-refractivity contribution in [3.8, 4) is 11.3 Å². The Morgan fingerprint density at radius 3 is 2.45 bits per heavy atom. The van der Waals surface area contributed by atoms with Crippen molar-refractivity contribution in [3.05, 3.63) is 42.2 Å². The second kappa shape index (κ2) is 6.01. The number of nitrogen functional groups attached to an aromatic ring is 1. The third-order valence-corrected chi connectivity index (χ3v) is 3.43. The van der Waals surface area contributed by atoms with Gasteiger partial charge in [0.25, 0.3) is 0 Å². The molecule has 2 aromatic rings. The molecule has 0 radical (unpaired) electrons. The summed E-state index contributed by atoms with van der Waals surface area (Å²) in [5, 5.41) is 0. The number of anilines is 1. The summed E-state index contributed by atoms with van der Waals surface area (Å²) in [6, 6.07) is 11.8. The predicted molar refractivity (Wildman–Crippen MR) is 81.1 cm³/mol. The second-order valence-electron chi connectivity index (χ2n) is 4.89. The molecular formula is C16H21N3O. The number of ether oxygens (including phenoxy) is 1. The topological polar surface area (TPSA) is 61.0 Å². The Morgan fingerprint density at radius 1 is 1.15 bits per heavy atom. The van der Waals surface area contributed by atoms with Gasteiger partial charge in [-0.2, -0.15) is 0 Å². The molecule has 4 nitrogen and oxygen atoms in total. The summed E-state index contributed by atoms with van der Waals surface area (Å²) in [7, 11) is 0. The van der Waals surface area contributed by atoms with Gasteiger partial charge in [-0.05, 0) is 20.3 Å². The van der Waals surface area contributed by atoms with E-state index in [9.17, 15) is 0 Å². The van der Waals surface area contributed by atoms with E-state index in [0.717, 1.165) is 17.7 Å². The molecule has 0 amide bonds. The van der Waals surface area contributed by atoms with Crippen molar-refractivity contribution < 1.29 is 4.74 Å². The fraction of sp³-hybridized carbons (Fsp3) is 0.375. The van der Waals surface area contributed by atoms with Crippen molar-refractivity contribution in [1.82, 2.24) is 9.97 Å². The van der Waals surface area contributed by atoms with Gasteiger partial charge in [0, 0.05) is 18.2 Å². The minimum atomic E-state index is -0.506. The molecule has 0 aliphatic rings. The van der Waals surface area contributed by atoms with Crippen LogP contribution in [0.1, 0.15) is 33.0 Å². The van der Waals surface area contributed by atoms with Crippen molar-refractivity contribution in [3.63, 3.8) is 0 Å². The number of hydrogen-bond acceptors (Lipinski definition) is 4. The van der Waals surface area contributed by atoms with Gasteiger partial charge in [0.05, 0.1) is 5.69 Å². The fourth-order valence-corrected chi connectivity index (χ4v) is 2.10. The number of hydrogen-bond donors (Lipinski definition) is 1. The van der Waals surface area contributed by atoms with Gasteiger partial charge in [-0.15, -0.1) is 0 Å². The number of nitrogens with zero attached hydrogens (tertiary/aromatic N) is 2. The van der Waals surface area contributed by atoms with E-state index < -0.39 is 5.60 Å². The predicted octanol–water partition coefficient (Wildman–Crippen LogP) is 3.39. The van der Waals surface area contributed by atoms with Crippen LogP contribution in [-0.4, -0.2) is 16.6 Å². The summed E-state index contributed by atoms with van der Waals surface area (Å²) < 4.78 is 5.83. The van der Waals surface area contributed by atoms with Gasteiger partial charge in [-0.3, -0.25) is 0 Å². The van der Waals surface area contributed by atoms with Crippen molar-refractivity contribution in [2.24, 2.45) is 0 Å². The van der Waals surface area contributed by atoms with E-state index in [1.807, 2.05) is 44.2 Å². The highest BCUT2D eigenvalue weighted by atomic mass is 16.5. The summed E-state index contributed by atoms with van der Waals surface area (Å²) in [5.74, 6) is 1.11. The average molecular weight is 271 g/mol. The lowest BCUT2D eigenvalue weighted by Gasteiger charge is -2.27. The van der Waals surface area contributed by atoms with E-state index in [-0.39, 0.29) is 0 Å². The first kappa shape index (κ1) is 14.5. The number of nitrogens with two attached hydrogens (primary N) is 1. The van der Waals surface area contributed by atoms with E-state index in [4.69, 9.17) is 10.5 Å². The zero-order chi connectivity index (χ0) is 14.6. The quantitative estimate of drug-likeness (QED) is 0.905. The summed E-state index contributed by atoms with van der Waals surface area (Å²) in [5.41, 5.74) is 7.28. The van der Waals surface area contributed by atoms with Gasteiger partial charge in [0.1, 0.15) is 11.4 Å². The monoisotopic (exact) mass is 271 g/mol. The Kier molecular flexibility index (Phi) is 4.35. The summed E-state index contributed by atoms with van der Waals surface area (Å²) in [6.07, 6.45) is 0.790. The molecule has 0 saturated carbocycles. The van der Waals surface area contributed by atoms with Crippen LogP contribution in [0, 0.1) is 0 Å². The van der Waals surface area contributed by atoms with Gasteiger partial charge in [-0.25, -0.2) is 9.97 Å². The SMILES string of the molecule is CCOC(C)(CC)c1nc(N)cc(-c2ccccc2)n1. The molecule has 1 heterocycles. The first-order valence-corrected chi connectivity index (χ1v) is 6.93. The summed E-state index contributed by atoms with van der Waals surface area (Å²) in [6.45, 7) is 6.64. The van der Waals surface area contributed by atoms with Crippen LogP contribution in [0.3, 0.4) is 0 Å². The van der Waals surface area contributed by atoms with Crippen molar-refractivity contribution in [2.75, 3.05) is 12.3 Å². The molecule has 0 saturated heterocycles. The largest absolute Gasteiger partial charge is 0.384 e. The smallest absolute Gasteiger partial charge is 0.162 e. The molecule has 20 heavy (non-hydrogen) atoms. The van der Waals surface area contributed by atoms with Crippen LogP contribution >= 0.6 is 0 Å². The van der Waals surface area contributed by atoms with Gasteiger partial charge < -0.3 is 10.5 Å². The molecule has 0 spiro atoms. The van der Waals surface area contributed by atoms with Crippen LogP contribution in [0.4, 0.5) is 5.82 Å². The number of aromatic nitrogens is 2. The molecule has 1 unspecified atom stereocenters. The number of rotatable bonds is 5. The molecule has 2 rings (SSSR count). The highest BCUT2D eigenvalue weighted by Crippen LogP contribution is 2.29. The Bertz CT molecular complexity index is 571. The van der Waals surface area contributed by atoms with Gasteiger partial charge in [-0.1, -0.05) is 37.3 Å². The molecule has 0 bridgehead atoms. The Morgan fingerprint density at radius 2 is 1.85 bits per heavy atom. The third kappa shape index (κ3) is 2.96. The highest BCUT2D eigenvalue weighted by molar-refractivity contribution is 5.61. The van der Waals surface area contributed by atoms with E-state index in [2.05, 4.69) is 16.9 Å². The zero-order valence-corrected chi connectivity index (χ0v) is 12.3. The normalized spacial score (nSPS) is 13.9. The van der Waals surface area contributed by atoms with Gasteiger partial charge >= 0.3 is 0 Å². The van der Waals surface area contributed by atoms with E-state index in [1.54, 1.807) is 6.07 Å². The Balaban J connectivity index is 2.49. The molecule has 1 aromatic carbocycles. The molecule has 1 atom stereocenters. The van der Waals surface area contributed by atoms with E-state index in [0.29, 0.717) is 18.2 Å². The standard InChI is InChI=1S/C16H21N3O/c1-4-16(3,20-5-2)15-18-13(11-14(17)19-15)12-9-7-6-8-10-12/h6-11H,4-5H2,1-3H3,(H2,17,18,19). The second-order valence-corrected chi connectivity index (χ2v) is 4.89. The first-order valence-electron chi connectivity index (χ1n) is 6.93. The lowest BCUT2D eigenvalue weighted by Crippen LogP contribution is -2.28. The van der Waals surface area contributed by atoms with Gasteiger partial charge in [0.15, 0.2) is 5.82 Å². The molecule has 0 fully saturated rings. The lowest BCUT2D eigenvalue weighted by atomic mass is 10.0. The molecule has 0 aliphatic heterocycles. The zero-order valence-electron chi connectivity index (χ0n) is 12.3. The summed E-state index contributed by atoms with van der Waals surface area (Å²) in [4.78, 5) is 9.01. The Labute approximate surface area is 120 Å². The molecule has 2 N–H and O–H groups in total. The van der Waals surface area contributed by atoms with Crippen LogP contribution in [-0.2, 0) is 10.3 Å². The minimum absolute atomic E-state index is 0.466. The number of benzene rings is 1. The maximum absolute atomic E-state index is 5.94. The van der Waals surface area contributed by atoms with Gasteiger partial charge in [0.2, 0.25) is 0 Å². The average Bonchev–Trinajstić information content (AvgIpc) is 2.47. The third-order valence-electron chi connectivity index (χ3n) is 3.43. The van der Waals surface area contributed by atoms with E-state index in [1.165, 1.54) is 0 Å². The Hall–Kier alpha value is -1.94. The van der Waals surface area contributed by atoms with Crippen LogP contribution in [0.15, 0.2) is 36.4 Å². The van der Waals surface area contributed by atoms with Crippen molar-refractivity contribution in [1.29, 1.82) is 0 Å².